The van der Waals surface area contributed by atoms with Crippen molar-refractivity contribution in [3.63, 3.8) is 0 Å². The van der Waals surface area contributed by atoms with E-state index in [1.165, 1.54) is 4.88 Å². The smallest absolute Gasteiger partial charge is 0.295 e. The summed E-state index contributed by atoms with van der Waals surface area (Å²) in [4.78, 5) is 42.1. The van der Waals surface area contributed by atoms with Crippen molar-refractivity contribution in [1.29, 1.82) is 0 Å². The predicted octanol–water partition coefficient (Wildman–Crippen LogP) is 2.94. The van der Waals surface area contributed by atoms with Crippen molar-refractivity contribution >= 4 is 28.8 Å². The van der Waals surface area contributed by atoms with E-state index in [2.05, 4.69) is 21.6 Å². The molecule has 0 saturated carbocycles. The first-order valence-electron chi connectivity index (χ1n) is 12.1. The van der Waals surface area contributed by atoms with E-state index in [1.54, 1.807) is 27.7 Å². The van der Waals surface area contributed by atoms with Gasteiger partial charge >= 0.3 is 0 Å². The monoisotopic (exact) mass is 495 g/mol. The van der Waals surface area contributed by atoms with Gasteiger partial charge in [0, 0.05) is 24.4 Å². The molecule has 0 aliphatic carbocycles. The first-order valence-corrected chi connectivity index (χ1v) is 12.9. The molecule has 0 bridgehead atoms. The van der Waals surface area contributed by atoms with Gasteiger partial charge in [0.1, 0.15) is 5.69 Å². The Morgan fingerprint density at radius 1 is 1.11 bits per heavy atom. The minimum absolute atomic E-state index is 0.0284. The van der Waals surface area contributed by atoms with Crippen molar-refractivity contribution in [3.8, 4) is 5.69 Å². The van der Waals surface area contributed by atoms with E-state index in [-0.39, 0.29) is 23.3 Å². The molecule has 1 aliphatic rings. The van der Waals surface area contributed by atoms with Crippen LogP contribution < -0.4 is 16.2 Å². The fraction of sp³-hybridized carbons (Fsp3) is 0.423. The second-order valence-electron chi connectivity index (χ2n) is 9.03. The third kappa shape index (κ3) is 5.57. The lowest BCUT2D eigenvalue weighted by Crippen LogP contribution is -2.48. The molecule has 4 rings (SSSR count). The molecule has 0 radical (unpaired) electrons. The van der Waals surface area contributed by atoms with Crippen LogP contribution in [0, 0.1) is 12.8 Å². The summed E-state index contributed by atoms with van der Waals surface area (Å²) >= 11 is 1.70. The van der Waals surface area contributed by atoms with Crippen molar-refractivity contribution in [2.75, 3.05) is 25.0 Å². The SMILES string of the molecule is Cc1c(NC(=O)C(C)N2CCC(C(=O)NCCc3cccs3)CC2)c(=O)n(-c2ccccc2)n1C. The first-order chi connectivity index (χ1) is 16.9. The minimum Gasteiger partial charge on any atom is -0.355 e. The highest BCUT2D eigenvalue weighted by Crippen LogP contribution is 2.21. The molecule has 1 fully saturated rings. The molecule has 1 aliphatic heterocycles. The van der Waals surface area contributed by atoms with Crippen LogP contribution in [0.2, 0.25) is 0 Å². The molecule has 1 aromatic carbocycles. The number of anilines is 1. The third-order valence-electron chi connectivity index (χ3n) is 6.88. The number of rotatable bonds is 8. The Hall–Kier alpha value is -3.17. The van der Waals surface area contributed by atoms with E-state index in [9.17, 15) is 14.4 Å². The number of thiophene rings is 1. The zero-order valence-corrected chi connectivity index (χ0v) is 21.3. The Balaban J connectivity index is 1.31. The zero-order valence-electron chi connectivity index (χ0n) is 20.5. The Morgan fingerprint density at radius 2 is 1.83 bits per heavy atom. The van der Waals surface area contributed by atoms with Crippen molar-refractivity contribution in [1.82, 2.24) is 19.6 Å². The van der Waals surface area contributed by atoms with Crippen molar-refractivity contribution in [3.05, 3.63) is 68.8 Å². The van der Waals surface area contributed by atoms with E-state index in [0.717, 1.165) is 12.1 Å². The lowest BCUT2D eigenvalue weighted by molar-refractivity contribution is -0.127. The van der Waals surface area contributed by atoms with Gasteiger partial charge in [-0.3, -0.25) is 24.0 Å². The number of hydrogen-bond donors (Lipinski definition) is 2. The topological polar surface area (TPSA) is 88.4 Å². The Kier molecular flexibility index (Phi) is 7.87. The van der Waals surface area contributed by atoms with Crippen LogP contribution in [0.5, 0.6) is 0 Å². The van der Waals surface area contributed by atoms with Gasteiger partial charge in [-0.1, -0.05) is 24.3 Å². The van der Waals surface area contributed by atoms with Crippen molar-refractivity contribution in [2.24, 2.45) is 13.0 Å². The van der Waals surface area contributed by atoms with Gasteiger partial charge in [-0.15, -0.1) is 11.3 Å². The molecule has 8 nitrogen and oxygen atoms in total. The Labute approximate surface area is 209 Å². The van der Waals surface area contributed by atoms with Crippen LogP contribution in [-0.2, 0) is 23.1 Å². The van der Waals surface area contributed by atoms with E-state index in [0.29, 0.717) is 43.9 Å². The Bertz CT molecular complexity index is 1210. The second-order valence-corrected chi connectivity index (χ2v) is 10.1. The molecular formula is C26H33N5O3S. The average Bonchev–Trinajstić information content (AvgIpc) is 3.47. The summed E-state index contributed by atoms with van der Waals surface area (Å²) in [5.41, 5.74) is 1.48. The number of nitrogens with zero attached hydrogens (tertiary/aromatic N) is 3. The summed E-state index contributed by atoms with van der Waals surface area (Å²) in [6.07, 6.45) is 2.28. The normalized spacial score (nSPS) is 15.6. The van der Waals surface area contributed by atoms with Crippen LogP contribution in [0.15, 0.2) is 52.6 Å². The van der Waals surface area contributed by atoms with Crippen LogP contribution in [0.4, 0.5) is 5.69 Å². The highest BCUT2D eigenvalue weighted by molar-refractivity contribution is 7.09. The number of carbonyl (C=O) groups is 2. The number of nitrogens with one attached hydrogen (secondary N) is 2. The van der Waals surface area contributed by atoms with Crippen molar-refractivity contribution in [2.45, 2.75) is 39.2 Å². The summed E-state index contributed by atoms with van der Waals surface area (Å²) in [6.45, 7) is 5.66. The number of carbonyl (C=O) groups excluding carboxylic acids is 2. The van der Waals surface area contributed by atoms with E-state index < -0.39 is 6.04 Å². The first kappa shape index (κ1) is 24.9. The van der Waals surface area contributed by atoms with Gasteiger partial charge in [0.25, 0.3) is 5.56 Å². The molecule has 3 aromatic rings. The van der Waals surface area contributed by atoms with E-state index in [1.807, 2.05) is 55.6 Å². The number of para-hydroxylation sites is 1. The summed E-state index contributed by atoms with van der Waals surface area (Å²) in [5, 5.41) is 7.97. The van der Waals surface area contributed by atoms with Gasteiger partial charge in [-0.25, -0.2) is 4.68 Å². The maximum atomic E-state index is 13.1. The molecule has 2 amide bonds. The Morgan fingerprint density at radius 3 is 2.49 bits per heavy atom. The number of aromatic nitrogens is 2. The van der Waals surface area contributed by atoms with Gasteiger partial charge in [0.05, 0.1) is 17.4 Å². The second kappa shape index (κ2) is 11.0. The molecule has 1 saturated heterocycles. The maximum absolute atomic E-state index is 13.1. The van der Waals surface area contributed by atoms with Gasteiger partial charge in [-0.05, 0) is 69.8 Å². The molecule has 0 spiro atoms. The summed E-state index contributed by atoms with van der Waals surface area (Å²) in [5.74, 6) is -0.145. The van der Waals surface area contributed by atoms with E-state index >= 15 is 0 Å². The number of benzene rings is 1. The molecule has 2 aromatic heterocycles. The van der Waals surface area contributed by atoms with E-state index in [4.69, 9.17) is 0 Å². The van der Waals surface area contributed by atoms with Crippen LogP contribution in [0.1, 0.15) is 30.3 Å². The molecule has 3 heterocycles. The summed E-state index contributed by atoms with van der Waals surface area (Å²) < 4.78 is 3.30. The molecule has 2 N–H and O–H groups in total. The molecule has 9 heteroatoms. The molecular weight excluding hydrogens is 462 g/mol. The largest absolute Gasteiger partial charge is 0.355 e. The fourth-order valence-corrected chi connectivity index (χ4v) is 5.27. The lowest BCUT2D eigenvalue weighted by Gasteiger charge is -2.34. The standard InChI is InChI=1S/C26H33N5O3S/c1-18-23(26(34)31(29(18)3)21-8-5-4-6-9-21)28-24(32)19(2)30-15-12-20(13-16-30)25(33)27-14-11-22-10-7-17-35-22/h4-10,17,19-20H,11-16H2,1-3H3,(H,27,33)(H,28,32). The molecule has 1 unspecified atom stereocenters. The van der Waals surface area contributed by atoms with Crippen LogP contribution >= 0.6 is 11.3 Å². The van der Waals surface area contributed by atoms with Crippen LogP contribution in [0.25, 0.3) is 5.69 Å². The summed E-state index contributed by atoms with van der Waals surface area (Å²) in [7, 11) is 1.80. The van der Waals surface area contributed by atoms with Gasteiger partial charge in [0.2, 0.25) is 11.8 Å². The van der Waals surface area contributed by atoms with Crippen molar-refractivity contribution < 1.29 is 9.59 Å². The summed E-state index contributed by atoms with van der Waals surface area (Å²) in [6, 6.07) is 13.1. The molecule has 35 heavy (non-hydrogen) atoms. The van der Waals surface area contributed by atoms with Gasteiger partial charge < -0.3 is 10.6 Å². The fourth-order valence-electron chi connectivity index (χ4n) is 4.56. The highest BCUT2D eigenvalue weighted by atomic mass is 32.1. The molecule has 1 atom stereocenters. The minimum atomic E-state index is -0.401. The maximum Gasteiger partial charge on any atom is 0.295 e. The van der Waals surface area contributed by atoms with Gasteiger partial charge in [0.15, 0.2) is 0 Å². The number of amides is 2. The molecule has 186 valence electrons. The highest BCUT2D eigenvalue weighted by Gasteiger charge is 2.30. The van der Waals surface area contributed by atoms with Crippen LogP contribution in [-0.4, -0.2) is 51.8 Å². The average molecular weight is 496 g/mol. The predicted molar refractivity (Wildman–Crippen MR) is 139 cm³/mol. The third-order valence-corrected chi connectivity index (χ3v) is 7.82. The number of likely N-dealkylation sites (tertiary alicyclic amines) is 1. The number of piperidine rings is 1. The number of hydrogen-bond acceptors (Lipinski definition) is 5. The van der Waals surface area contributed by atoms with Gasteiger partial charge in [-0.2, -0.15) is 0 Å². The van der Waals surface area contributed by atoms with Crippen LogP contribution in [0.3, 0.4) is 0 Å². The zero-order chi connectivity index (χ0) is 24.9. The lowest BCUT2D eigenvalue weighted by atomic mass is 9.95. The quantitative estimate of drug-likeness (QED) is 0.503.